The SMILES string of the molecule is Nc1c(C(=O)NCC(F)(F)CO)sc2cccc(Cl)c12. The Balaban J connectivity index is 2.27. The number of thiophene rings is 1. The highest BCUT2D eigenvalue weighted by molar-refractivity contribution is 7.21. The van der Waals surface area contributed by atoms with Crippen LogP contribution < -0.4 is 11.1 Å². The Morgan fingerprint density at radius 2 is 2.20 bits per heavy atom. The molecule has 8 heteroatoms. The van der Waals surface area contributed by atoms with Gasteiger partial charge in [-0.3, -0.25) is 4.79 Å². The summed E-state index contributed by atoms with van der Waals surface area (Å²) in [5.74, 6) is -4.08. The molecule has 0 aliphatic heterocycles. The number of aliphatic hydroxyl groups is 1. The summed E-state index contributed by atoms with van der Waals surface area (Å²) in [7, 11) is 0. The third-order valence-corrected chi connectivity index (χ3v) is 4.13. The van der Waals surface area contributed by atoms with E-state index in [1.165, 1.54) is 0 Å². The molecule has 20 heavy (non-hydrogen) atoms. The van der Waals surface area contributed by atoms with Crippen molar-refractivity contribution in [2.75, 3.05) is 18.9 Å². The van der Waals surface area contributed by atoms with Crippen LogP contribution in [0.15, 0.2) is 18.2 Å². The van der Waals surface area contributed by atoms with Crippen molar-refractivity contribution in [3.63, 3.8) is 0 Å². The highest BCUT2D eigenvalue weighted by Crippen LogP contribution is 2.37. The number of carbonyl (C=O) groups excluding carboxylic acids is 1. The Kier molecular flexibility index (Phi) is 4.12. The van der Waals surface area contributed by atoms with Gasteiger partial charge in [-0.25, -0.2) is 8.78 Å². The Hall–Kier alpha value is -1.44. The van der Waals surface area contributed by atoms with Gasteiger partial charge in [0.2, 0.25) is 0 Å². The number of hydrogen-bond acceptors (Lipinski definition) is 4. The fourth-order valence-electron chi connectivity index (χ4n) is 1.64. The van der Waals surface area contributed by atoms with E-state index in [1.54, 1.807) is 18.2 Å². The zero-order valence-electron chi connectivity index (χ0n) is 10.1. The molecule has 4 nitrogen and oxygen atoms in total. The molecular formula is C12H11ClF2N2O2S. The Labute approximate surface area is 122 Å². The van der Waals surface area contributed by atoms with Gasteiger partial charge in [0.25, 0.3) is 11.8 Å². The molecule has 0 fully saturated rings. The molecule has 2 rings (SSSR count). The van der Waals surface area contributed by atoms with E-state index in [2.05, 4.69) is 0 Å². The number of amides is 1. The number of aliphatic hydroxyl groups excluding tert-OH is 1. The third kappa shape index (κ3) is 2.84. The van der Waals surface area contributed by atoms with Crippen LogP contribution in [0.3, 0.4) is 0 Å². The van der Waals surface area contributed by atoms with Crippen molar-refractivity contribution in [1.29, 1.82) is 0 Å². The maximum Gasteiger partial charge on any atom is 0.287 e. The lowest BCUT2D eigenvalue weighted by Gasteiger charge is -2.13. The van der Waals surface area contributed by atoms with Crippen LogP contribution in [0.25, 0.3) is 10.1 Å². The molecule has 0 saturated carbocycles. The van der Waals surface area contributed by atoms with Crippen LogP contribution in [0.2, 0.25) is 5.02 Å². The molecule has 0 saturated heterocycles. The Morgan fingerprint density at radius 1 is 1.50 bits per heavy atom. The average Bonchev–Trinajstić information content (AvgIpc) is 2.75. The first kappa shape index (κ1) is 15.0. The van der Waals surface area contributed by atoms with Gasteiger partial charge in [-0.1, -0.05) is 17.7 Å². The Morgan fingerprint density at radius 3 is 2.80 bits per heavy atom. The van der Waals surface area contributed by atoms with Gasteiger partial charge in [0.05, 0.1) is 17.3 Å². The van der Waals surface area contributed by atoms with Gasteiger partial charge in [0, 0.05) is 10.1 Å². The van der Waals surface area contributed by atoms with Crippen LogP contribution in [0, 0.1) is 0 Å². The molecule has 0 radical (unpaired) electrons. The lowest BCUT2D eigenvalue weighted by Crippen LogP contribution is -2.38. The minimum atomic E-state index is -3.36. The first-order valence-corrected chi connectivity index (χ1v) is 6.78. The van der Waals surface area contributed by atoms with Gasteiger partial charge < -0.3 is 16.2 Å². The van der Waals surface area contributed by atoms with Crippen molar-refractivity contribution in [3.8, 4) is 0 Å². The quantitative estimate of drug-likeness (QED) is 0.810. The predicted octanol–water partition coefficient (Wildman–Crippen LogP) is 2.49. The van der Waals surface area contributed by atoms with E-state index in [4.69, 9.17) is 22.4 Å². The zero-order chi connectivity index (χ0) is 14.9. The predicted molar refractivity (Wildman–Crippen MR) is 75.6 cm³/mol. The second kappa shape index (κ2) is 5.51. The topological polar surface area (TPSA) is 75.4 Å². The van der Waals surface area contributed by atoms with E-state index >= 15 is 0 Å². The van der Waals surface area contributed by atoms with E-state index in [1.807, 2.05) is 5.32 Å². The average molecular weight is 321 g/mol. The minimum Gasteiger partial charge on any atom is -0.397 e. The van der Waals surface area contributed by atoms with Gasteiger partial charge in [-0.2, -0.15) is 0 Å². The monoisotopic (exact) mass is 320 g/mol. The van der Waals surface area contributed by atoms with Crippen LogP contribution >= 0.6 is 22.9 Å². The number of halogens is 3. The van der Waals surface area contributed by atoms with Gasteiger partial charge in [0.1, 0.15) is 11.5 Å². The lowest BCUT2D eigenvalue weighted by molar-refractivity contribution is -0.0461. The normalized spacial score (nSPS) is 11.8. The van der Waals surface area contributed by atoms with Crippen molar-refractivity contribution in [3.05, 3.63) is 28.1 Å². The molecule has 1 aromatic carbocycles. The largest absolute Gasteiger partial charge is 0.397 e. The number of carbonyl (C=O) groups is 1. The number of benzene rings is 1. The fourth-order valence-corrected chi connectivity index (χ4v) is 3.04. The van der Waals surface area contributed by atoms with E-state index in [0.717, 1.165) is 11.3 Å². The molecule has 0 atom stereocenters. The summed E-state index contributed by atoms with van der Waals surface area (Å²) < 4.78 is 26.5. The smallest absolute Gasteiger partial charge is 0.287 e. The minimum absolute atomic E-state index is 0.127. The summed E-state index contributed by atoms with van der Waals surface area (Å²) >= 11 is 7.07. The van der Waals surface area contributed by atoms with Gasteiger partial charge in [-0.15, -0.1) is 11.3 Å². The van der Waals surface area contributed by atoms with E-state index in [0.29, 0.717) is 15.1 Å². The molecule has 1 heterocycles. The van der Waals surface area contributed by atoms with Crippen molar-refractivity contribution >= 4 is 44.6 Å². The van der Waals surface area contributed by atoms with Crippen molar-refractivity contribution in [2.24, 2.45) is 0 Å². The second-order valence-corrected chi connectivity index (χ2v) is 5.61. The molecule has 4 N–H and O–H groups in total. The molecule has 0 aliphatic carbocycles. The summed E-state index contributed by atoms with van der Waals surface area (Å²) in [6.45, 7) is -2.29. The molecule has 0 unspecified atom stereocenters. The first-order chi connectivity index (χ1) is 9.35. The molecule has 2 aromatic rings. The molecule has 0 bridgehead atoms. The zero-order valence-corrected chi connectivity index (χ0v) is 11.7. The summed E-state index contributed by atoms with van der Waals surface area (Å²) in [4.78, 5) is 12.0. The lowest BCUT2D eigenvalue weighted by atomic mass is 10.2. The van der Waals surface area contributed by atoms with Crippen LogP contribution in [0.4, 0.5) is 14.5 Å². The van der Waals surface area contributed by atoms with Gasteiger partial charge in [0.15, 0.2) is 0 Å². The molecule has 0 spiro atoms. The van der Waals surface area contributed by atoms with Crippen molar-refractivity contribution < 1.29 is 18.7 Å². The van der Waals surface area contributed by atoms with Crippen LogP contribution in [0.5, 0.6) is 0 Å². The Bertz CT molecular complexity index is 660. The number of nitrogens with one attached hydrogen (secondary N) is 1. The highest BCUT2D eigenvalue weighted by Gasteiger charge is 2.29. The first-order valence-electron chi connectivity index (χ1n) is 5.59. The maximum absolute atomic E-state index is 12.9. The van der Waals surface area contributed by atoms with E-state index < -0.39 is 25.0 Å². The summed E-state index contributed by atoms with van der Waals surface area (Å²) in [6, 6.07) is 5.08. The summed E-state index contributed by atoms with van der Waals surface area (Å²) in [6.07, 6.45) is 0. The number of alkyl halides is 2. The van der Waals surface area contributed by atoms with Crippen LogP contribution in [0.1, 0.15) is 9.67 Å². The number of nitrogens with two attached hydrogens (primary N) is 1. The number of rotatable bonds is 4. The van der Waals surface area contributed by atoms with Crippen molar-refractivity contribution in [1.82, 2.24) is 5.32 Å². The van der Waals surface area contributed by atoms with Crippen molar-refractivity contribution in [2.45, 2.75) is 5.92 Å². The number of anilines is 1. The molecule has 1 aromatic heterocycles. The highest BCUT2D eigenvalue weighted by atomic mass is 35.5. The standard InChI is InChI=1S/C12H11ClF2N2O2S/c13-6-2-1-3-7-8(6)9(16)10(20-7)11(19)17-4-12(14,15)5-18/h1-3,18H,4-5,16H2,(H,17,19). The fraction of sp³-hybridized carbons (Fsp3) is 0.250. The molecule has 1 amide bonds. The second-order valence-electron chi connectivity index (χ2n) is 4.15. The number of nitrogen functional groups attached to an aromatic ring is 1. The van der Waals surface area contributed by atoms with Gasteiger partial charge >= 0.3 is 0 Å². The molecule has 0 aliphatic rings. The van der Waals surface area contributed by atoms with E-state index in [-0.39, 0.29) is 10.6 Å². The summed E-state index contributed by atoms with van der Waals surface area (Å²) in [5.41, 5.74) is 6.01. The van der Waals surface area contributed by atoms with Gasteiger partial charge in [-0.05, 0) is 12.1 Å². The van der Waals surface area contributed by atoms with Crippen LogP contribution in [-0.2, 0) is 0 Å². The van der Waals surface area contributed by atoms with E-state index in [9.17, 15) is 13.6 Å². The number of fused-ring (bicyclic) bond motifs is 1. The maximum atomic E-state index is 12.9. The summed E-state index contributed by atoms with van der Waals surface area (Å²) in [5, 5.41) is 11.4. The molecular weight excluding hydrogens is 310 g/mol. The number of hydrogen-bond donors (Lipinski definition) is 3. The van der Waals surface area contributed by atoms with Crippen LogP contribution in [-0.4, -0.2) is 30.1 Å². The molecule has 108 valence electrons. The third-order valence-electron chi connectivity index (χ3n) is 2.65.